The number of thiophene rings is 1. The van der Waals surface area contributed by atoms with Crippen LogP contribution < -0.4 is 4.74 Å². The molecule has 140 valence electrons. The Labute approximate surface area is 161 Å². The summed E-state index contributed by atoms with van der Waals surface area (Å²) in [5.41, 5.74) is 1.16. The first kappa shape index (κ1) is 17.7. The number of hydrogen-bond donors (Lipinski definition) is 0. The molecule has 1 amide bonds. The number of rotatable bonds is 6. The Hall–Kier alpha value is -2.67. The van der Waals surface area contributed by atoms with Crippen LogP contribution in [0.15, 0.2) is 46.3 Å². The second-order valence-electron chi connectivity index (χ2n) is 6.60. The molecule has 4 rings (SSSR count). The number of likely N-dealkylation sites (tertiary alicyclic amines) is 1. The lowest BCUT2D eigenvalue weighted by Gasteiger charge is -2.20. The van der Waals surface area contributed by atoms with Crippen molar-refractivity contribution in [3.63, 3.8) is 0 Å². The summed E-state index contributed by atoms with van der Waals surface area (Å²) in [5, 5.41) is 5.98. The van der Waals surface area contributed by atoms with Crippen molar-refractivity contribution < 1.29 is 14.1 Å². The van der Waals surface area contributed by atoms with Crippen molar-refractivity contribution >= 4 is 17.2 Å². The molecule has 0 bridgehead atoms. The largest absolute Gasteiger partial charge is 0.493 e. The van der Waals surface area contributed by atoms with Crippen LogP contribution in [0.4, 0.5) is 0 Å². The van der Waals surface area contributed by atoms with Crippen molar-refractivity contribution in [2.24, 2.45) is 0 Å². The van der Waals surface area contributed by atoms with E-state index in [2.05, 4.69) is 10.1 Å². The Morgan fingerprint density at radius 3 is 3.11 bits per heavy atom. The number of ether oxygens (including phenoxy) is 1. The van der Waals surface area contributed by atoms with Gasteiger partial charge in [-0.05, 0) is 48.9 Å². The van der Waals surface area contributed by atoms with E-state index in [1.165, 1.54) is 11.3 Å². The fourth-order valence-electron chi connectivity index (χ4n) is 3.28. The van der Waals surface area contributed by atoms with Crippen LogP contribution in [0.1, 0.15) is 45.8 Å². The molecule has 3 heterocycles. The van der Waals surface area contributed by atoms with Gasteiger partial charge in [-0.2, -0.15) is 4.98 Å². The molecular weight excluding hydrogens is 362 g/mol. The highest BCUT2D eigenvalue weighted by molar-refractivity contribution is 7.12. The van der Waals surface area contributed by atoms with E-state index in [1.807, 2.05) is 53.6 Å². The molecule has 7 heteroatoms. The number of carbonyl (C=O) groups excluding carboxylic acids is 1. The van der Waals surface area contributed by atoms with E-state index in [-0.39, 0.29) is 11.9 Å². The standard InChI is InChI=1S/C20H21N3O3S/c1-14-5-2-6-15(13-14)25-11-9-18-21-19(26-22-18)16-7-3-10-23(16)20(24)17-8-4-12-27-17/h2,4-6,8,12-13,16H,3,7,9-11H2,1H3. The lowest BCUT2D eigenvalue weighted by Crippen LogP contribution is -2.30. The second-order valence-corrected chi connectivity index (χ2v) is 7.55. The van der Waals surface area contributed by atoms with Gasteiger partial charge in [0.1, 0.15) is 11.8 Å². The molecule has 3 aromatic rings. The smallest absolute Gasteiger partial charge is 0.264 e. The number of nitrogens with zero attached hydrogens (tertiary/aromatic N) is 3. The average Bonchev–Trinajstić information content (AvgIpc) is 3.42. The number of hydrogen-bond acceptors (Lipinski definition) is 6. The van der Waals surface area contributed by atoms with Gasteiger partial charge < -0.3 is 14.2 Å². The van der Waals surface area contributed by atoms with Crippen LogP contribution in [0.5, 0.6) is 5.75 Å². The minimum atomic E-state index is -0.140. The van der Waals surface area contributed by atoms with Crippen molar-refractivity contribution in [2.45, 2.75) is 32.2 Å². The molecule has 1 unspecified atom stereocenters. The molecule has 0 radical (unpaired) electrons. The van der Waals surface area contributed by atoms with Crippen LogP contribution in [0.3, 0.4) is 0 Å². The normalized spacial score (nSPS) is 16.6. The molecule has 6 nitrogen and oxygen atoms in total. The molecule has 1 fully saturated rings. The van der Waals surface area contributed by atoms with Crippen LogP contribution in [-0.2, 0) is 6.42 Å². The first-order valence-electron chi connectivity index (χ1n) is 9.07. The van der Waals surface area contributed by atoms with Gasteiger partial charge in [0.2, 0.25) is 5.89 Å². The van der Waals surface area contributed by atoms with Gasteiger partial charge in [0.25, 0.3) is 5.91 Å². The van der Waals surface area contributed by atoms with Crippen LogP contribution in [-0.4, -0.2) is 34.1 Å². The van der Waals surface area contributed by atoms with E-state index in [9.17, 15) is 4.79 Å². The fourth-order valence-corrected chi connectivity index (χ4v) is 3.96. The highest BCUT2D eigenvalue weighted by Gasteiger charge is 2.34. The highest BCUT2D eigenvalue weighted by Crippen LogP contribution is 2.32. The van der Waals surface area contributed by atoms with Crippen LogP contribution in [0.25, 0.3) is 0 Å². The van der Waals surface area contributed by atoms with Crippen molar-refractivity contribution in [3.05, 3.63) is 63.9 Å². The lowest BCUT2D eigenvalue weighted by atomic mass is 10.2. The van der Waals surface area contributed by atoms with E-state index in [0.717, 1.165) is 35.6 Å². The minimum absolute atomic E-state index is 0.0371. The van der Waals surface area contributed by atoms with Gasteiger partial charge in [-0.3, -0.25) is 4.79 Å². The number of carbonyl (C=O) groups is 1. The quantitative estimate of drug-likeness (QED) is 0.643. The Morgan fingerprint density at radius 1 is 1.37 bits per heavy atom. The molecule has 0 N–H and O–H groups in total. The van der Waals surface area contributed by atoms with Gasteiger partial charge in [-0.1, -0.05) is 23.4 Å². The molecule has 1 atom stereocenters. The zero-order chi connectivity index (χ0) is 18.6. The summed E-state index contributed by atoms with van der Waals surface area (Å²) < 4.78 is 11.2. The zero-order valence-electron chi connectivity index (χ0n) is 15.1. The molecule has 0 saturated carbocycles. The summed E-state index contributed by atoms with van der Waals surface area (Å²) in [6.07, 6.45) is 2.34. The molecular formula is C20H21N3O3S. The van der Waals surface area contributed by atoms with Gasteiger partial charge in [-0.25, -0.2) is 0 Å². The molecule has 27 heavy (non-hydrogen) atoms. The monoisotopic (exact) mass is 383 g/mol. The predicted molar refractivity (Wildman–Crippen MR) is 102 cm³/mol. The third kappa shape index (κ3) is 4.03. The summed E-state index contributed by atoms with van der Waals surface area (Å²) in [5.74, 6) is 1.99. The SMILES string of the molecule is Cc1cccc(OCCc2noc(C3CCCN3C(=O)c3cccs3)n2)c1. The van der Waals surface area contributed by atoms with Crippen LogP contribution in [0, 0.1) is 6.92 Å². The summed E-state index contributed by atoms with van der Waals surface area (Å²) in [6.45, 7) is 3.23. The summed E-state index contributed by atoms with van der Waals surface area (Å²) in [4.78, 5) is 19.8. The molecule has 1 aromatic carbocycles. The van der Waals surface area contributed by atoms with Crippen molar-refractivity contribution in [1.29, 1.82) is 0 Å². The minimum Gasteiger partial charge on any atom is -0.493 e. The van der Waals surface area contributed by atoms with Crippen molar-refractivity contribution in [3.8, 4) is 5.75 Å². The van der Waals surface area contributed by atoms with E-state index >= 15 is 0 Å². The molecule has 1 saturated heterocycles. The van der Waals surface area contributed by atoms with Gasteiger partial charge in [0.15, 0.2) is 5.82 Å². The van der Waals surface area contributed by atoms with Crippen LogP contribution >= 0.6 is 11.3 Å². The van der Waals surface area contributed by atoms with E-state index in [1.54, 1.807) is 0 Å². The zero-order valence-corrected chi connectivity index (χ0v) is 15.9. The Balaban J connectivity index is 1.37. The number of aromatic nitrogens is 2. The number of benzene rings is 1. The summed E-state index contributed by atoms with van der Waals surface area (Å²) >= 11 is 1.46. The Bertz CT molecular complexity index is 907. The molecule has 0 spiro atoms. The fraction of sp³-hybridized carbons (Fsp3) is 0.350. The van der Waals surface area contributed by atoms with E-state index < -0.39 is 0 Å². The van der Waals surface area contributed by atoms with Gasteiger partial charge in [0, 0.05) is 13.0 Å². The lowest BCUT2D eigenvalue weighted by molar-refractivity contribution is 0.0715. The molecule has 1 aliphatic heterocycles. The number of amides is 1. The first-order chi connectivity index (χ1) is 13.2. The van der Waals surface area contributed by atoms with Gasteiger partial charge in [-0.15, -0.1) is 11.3 Å². The maximum atomic E-state index is 12.7. The maximum absolute atomic E-state index is 12.7. The van der Waals surface area contributed by atoms with Crippen molar-refractivity contribution in [2.75, 3.05) is 13.2 Å². The molecule has 2 aromatic heterocycles. The number of aryl methyl sites for hydroxylation is 1. The van der Waals surface area contributed by atoms with Crippen molar-refractivity contribution in [1.82, 2.24) is 15.0 Å². The van der Waals surface area contributed by atoms with Gasteiger partial charge >= 0.3 is 0 Å². The predicted octanol–water partition coefficient (Wildman–Crippen LogP) is 4.04. The van der Waals surface area contributed by atoms with Gasteiger partial charge in [0.05, 0.1) is 11.5 Å². The summed E-state index contributed by atoms with van der Waals surface area (Å²) in [7, 11) is 0. The Morgan fingerprint density at radius 2 is 2.30 bits per heavy atom. The highest BCUT2D eigenvalue weighted by atomic mass is 32.1. The maximum Gasteiger partial charge on any atom is 0.264 e. The summed E-state index contributed by atoms with van der Waals surface area (Å²) in [6, 6.07) is 11.5. The van der Waals surface area contributed by atoms with E-state index in [4.69, 9.17) is 9.26 Å². The third-order valence-corrected chi connectivity index (χ3v) is 5.46. The third-order valence-electron chi connectivity index (χ3n) is 4.60. The second kappa shape index (κ2) is 7.92. The topological polar surface area (TPSA) is 68.5 Å². The molecule has 0 aliphatic carbocycles. The Kier molecular flexibility index (Phi) is 5.20. The first-order valence-corrected chi connectivity index (χ1v) is 9.95. The van der Waals surface area contributed by atoms with Crippen LogP contribution in [0.2, 0.25) is 0 Å². The molecule has 1 aliphatic rings. The average molecular weight is 383 g/mol. The van der Waals surface area contributed by atoms with E-state index in [0.29, 0.717) is 24.7 Å².